The maximum atomic E-state index is 6.34. The minimum absolute atomic E-state index is 0.800. The summed E-state index contributed by atoms with van der Waals surface area (Å²) in [6, 6.07) is 15.8. The van der Waals surface area contributed by atoms with Crippen molar-refractivity contribution in [3.05, 3.63) is 47.5 Å². The molecule has 5 heteroatoms. The summed E-state index contributed by atoms with van der Waals surface area (Å²) in [5, 5.41) is 0.817. The van der Waals surface area contributed by atoms with Gasteiger partial charge in [0.2, 0.25) is 0 Å². The fraction of sp³-hybridized carbons (Fsp3) is 0.478. The van der Waals surface area contributed by atoms with Gasteiger partial charge in [0.05, 0.1) is 11.4 Å². The molecule has 3 heterocycles. The zero-order valence-electron chi connectivity index (χ0n) is 16.3. The molecule has 0 saturated carbocycles. The lowest BCUT2D eigenvalue weighted by Crippen LogP contribution is -2.54. The SMILES string of the molecule is Clc1ccc2c(c1)N(CCCN1CCN3CCCCC3C1)c1ccccc1S2. The van der Waals surface area contributed by atoms with Gasteiger partial charge in [0.1, 0.15) is 0 Å². The van der Waals surface area contributed by atoms with Crippen LogP contribution in [0.1, 0.15) is 25.7 Å². The minimum atomic E-state index is 0.800. The van der Waals surface area contributed by atoms with Crippen LogP contribution in [0.2, 0.25) is 5.02 Å². The summed E-state index contributed by atoms with van der Waals surface area (Å²) in [5.41, 5.74) is 2.58. The molecule has 2 aromatic rings. The molecule has 1 atom stereocenters. The average molecular weight is 414 g/mol. The van der Waals surface area contributed by atoms with Crippen molar-refractivity contribution in [1.29, 1.82) is 0 Å². The van der Waals surface area contributed by atoms with Gasteiger partial charge in [-0.05, 0) is 62.7 Å². The predicted molar refractivity (Wildman–Crippen MR) is 119 cm³/mol. The molecule has 0 aromatic heterocycles. The highest BCUT2D eigenvalue weighted by molar-refractivity contribution is 7.99. The fourth-order valence-corrected chi connectivity index (χ4v) is 6.16. The van der Waals surface area contributed by atoms with Crippen LogP contribution in [0.4, 0.5) is 11.4 Å². The molecule has 3 nitrogen and oxygen atoms in total. The third kappa shape index (κ3) is 3.80. The first kappa shape index (κ1) is 18.8. The van der Waals surface area contributed by atoms with Crippen LogP contribution in [-0.2, 0) is 0 Å². The van der Waals surface area contributed by atoms with E-state index in [4.69, 9.17) is 11.6 Å². The van der Waals surface area contributed by atoms with E-state index in [1.165, 1.54) is 79.6 Å². The molecule has 0 amide bonds. The second kappa shape index (κ2) is 8.27. The zero-order valence-corrected chi connectivity index (χ0v) is 17.9. The topological polar surface area (TPSA) is 9.72 Å². The van der Waals surface area contributed by atoms with E-state index >= 15 is 0 Å². The summed E-state index contributed by atoms with van der Waals surface area (Å²) in [5.74, 6) is 0. The quantitative estimate of drug-likeness (QED) is 0.654. The summed E-state index contributed by atoms with van der Waals surface area (Å²) >= 11 is 8.19. The van der Waals surface area contributed by atoms with Gasteiger partial charge in [0.15, 0.2) is 0 Å². The van der Waals surface area contributed by atoms with E-state index < -0.39 is 0 Å². The van der Waals surface area contributed by atoms with Crippen LogP contribution in [0, 0.1) is 0 Å². The van der Waals surface area contributed by atoms with Crippen LogP contribution in [0.5, 0.6) is 0 Å². The maximum Gasteiger partial charge on any atom is 0.0567 e. The van der Waals surface area contributed by atoms with Crippen LogP contribution in [0.3, 0.4) is 0 Å². The fourth-order valence-electron chi connectivity index (χ4n) is 4.92. The first-order chi connectivity index (χ1) is 13.8. The number of fused-ring (bicyclic) bond motifs is 3. The van der Waals surface area contributed by atoms with Gasteiger partial charge in [-0.1, -0.05) is 41.9 Å². The number of piperidine rings is 1. The van der Waals surface area contributed by atoms with Crippen LogP contribution in [0.25, 0.3) is 0 Å². The lowest BCUT2D eigenvalue weighted by Gasteiger charge is -2.44. The number of para-hydroxylation sites is 1. The van der Waals surface area contributed by atoms with Crippen molar-refractivity contribution < 1.29 is 0 Å². The molecule has 0 spiro atoms. The normalized spacial score (nSPS) is 22.5. The largest absolute Gasteiger partial charge is 0.340 e. The molecule has 5 rings (SSSR count). The van der Waals surface area contributed by atoms with E-state index in [0.717, 1.165) is 17.6 Å². The third-order valence-electron chi connectivity index (χ3n) is 6.37. The smallest absolute Gasteiger partial charge is 0.0567 e. The number of hydrogen-bond acceptors (Lipinski definition) is 4. The van der Waals surface area contributed by atoms with Gasteiger partial charge >= 0.3 is 0 Å². The Morgan fingerprint density at radius 3 is 2.79 bits per heavy atom. The molecule has 0 N–H and O–H groups in total. The van der Waals surface area contributed by atoms with Crippen molar-refractivity contribution in [2.45, 2.75) is 41.5 Å². The average Bonchev–Trinajstić information content (AvgIpc) is 2.73. The Morgan fingerprint density at radius 1 is 0.929 bits per heavy atom. The van der Waals surface area contributed by atoms with Crippen molar-refractivity contribution in [2.24, 2.45) is 0 Å². The molecule has 1 unspecified atom stereocenters. The molecule has 2 fully saturated rings. The first-order valence-electron chi connectivity index (χ1n) is 10.6. The highest BCUT2D eigenvalue weighted by Crippen LogP contribution is 2.48. The van der Waals surface area contributed by atoms with Crippen LogP contribution >= 0.6 is 23.4 Å². The van der Waals surface area contributed by atoms with E-state index in [0.29, 0.717) is 0 Å². The number of halogens is 1. The van der Waals surface area contributed by atoms with E-state index in [2.05, 4.69) is 51.1 Å². The van der Waals surface area contributed by atoms with Crippen LogP contribution < -0.4 is 4.90 Å². The van der Waals surface area contributed by atoms with Crippen LogP contribution in [0.15, 0.2) is 52.3 Å². The summed E-state index contributed by atoms with van der Waals surface area (Å²) in [6.45, 7) is 7.28. The van der Waals surface area contributed by atoms with Crippen molar-refractivity contribution in [1.82, 2.24) is 9.80 Å². The molecular formula is C23H28ClN3S. The number of piperazine rings is 1. The predicted octanol–water partition coefficient (Wildman–Crippen LogP) is 5.50. The summed E-state index contributed by atoms with van der Waals surface area (Å²) in [4.78, 5) is 10.5. The molecular weight excluding hydrogens is 386 g/mol. The Labute approximate surface area is 177 Å². The monoisotopic (exact) mass is 413 g/mol. The maximum absolute atomic E-state index is 6.34. The summed E-state index contributed by atoms with van der Waals surface area (Å²) < 4.78 is 0. The highest BCUT2D eigenvalue weighted by Gasteiger charge is 2.29. The highest BCUT2D eigenvalue weighted by atomic mass is 35.5. The third-order valence-corrected chi connectivity index (χ3v) is 7.73. The Hall–Kier alpha value is -1.20. The van der Waals surface area contributed by atoms with E-state index in [-0.39, 0.29) is 0 Å². The lowest BCUT2D eigenvalue weighted by atomic mass is 9.99. The van der Waals surface area contributed by atoms with Gasteiger partial charge in [0, 0.05) is 47.0 Å². The first-order valence-corrected chi connectivity index (χ1v) is 11.8. The van der Waals surface area contributed by atoms with Gasteiger partial charge < -0.3 is 9.80 Å². The van der Waals surface area contributed by atoms with Crippen LogP contribution in [-0.4, -0.2) is 55.1 Å². The molecule has 3 aliphatic heterocycles. The van der Waals surface area contributed by atoms with Gasteiger partial charge in [-0.2, -0.15) is 0 Å². The number of nitrogens with zero attached hydrogens (tertiary/aromatic N) is 3. The van der Waals surface area contributed by atoms with E-state index in [1.807, 2.05) is 17.8 Å². The molecule has 2 saturated heterocycles. The molecule has 0 radical (unpaired) electrons. The second-order valence-electron chi connectivity index (χ2n) is 8.17. The number of rotatable bonds is 4. The van der Waals surface area contributed by atoms with Gasteiger partial charge in [-0.15, -0.1) is 0 Å². The molecule has 0 aliphatic carbocycles. The summed E-state index contributed by atoms with van der Waals surface area (Å²) in [6.07, 6.45) is 5.37. The Kier molecular flexibility index (Phi) is 5.56. The number of benzene rings is 2. The second-order valence-corrected chi connectivity index (χ2v) is 9.69. The Balaban J connectivity index is 1.27. The van der Waals surface area contributed by atoms with Gasteiger partial charge in [-0.25, -0.2) is 0 Å². The van der Waals surface area contributed by atoms with Crippen molar-refractivity contribution in [3.63, 3.8) is 0 Å². The van der Waals surface area contributed by atoms with Crippen molar-refractivity contribution in [3.8, 4) is 0 Å². The van der Waals surface area contributed by atoms with E-state index in [9.17, 15) is 0 Å². The van der Waals surface area contributed by atoms with Crippen molar-refractivity contribution >= 4 is 34.7 Å². The molecule has 28 heavy (non-hydrogen) atoms. The van der Waals surface area contributed by atoms with Gasteiger partial charge in [-0.3, -0.25) is 4.90 Å². The van der Waals surface area contributed by atoms with Crippen molar-refractivity contribution in [2.75, 3.05) is 44.2 Å². The molecule has 2 aromatic carbocycles. The molecule has 148 valence electrons. The molecule has 0 bridgehead atoms. The summed E-state index contributed by atoms with van der Waals surface area (Å²) in [7, 11) is 0. The Morgan fingerprint density at radius 2 is 1.82 bits per heavy atom. The zero-order chi connectivity index (χ0) is 18.9. The minimum Gasteiger partial charge on any atom is -0.340 e. The molecule has 3 aliphatic rings. The number of hydrogen-bond donors (Lipinski definition) is 0. The van der Waals surface area contributed by atoms with Gasteiger partial charge in [0.25, 0.3) is 0 Å². The standard InChI is InChI=1S/C23H28ClN3S/c24-18-9-10-23-21(16-18)27(20-7-1-2-8-22(20)28-23)13-5-11-25-14-15-26-12-4-3-6-19(26)17-25/h1-2,7-10,16,19H,3-6,11-15,17H2. The Bertz CT molecular complexity index is 842. The van der Waals surface area contributed by atoms with E-state index in [1.54, 1.807) is 0 Å². The number of anilines is 2. The lowest BCUT2D eigenvalue weighted by molar-refractivity contribution is 0.0492.